The van der Waals surface area contributed by atoms with Crippen LogP contribution in [0.2, 0.25) is 0 Å². The minimum absolute atomic E-state index is 0.0689. The molecule has 14 heteroatoms. The fourth-order valence-corrected chi connectivity index (χ4v) is 7.58. The molecule has 45 heavy (non-hydrogen) atoms. The van der Waals surface area contributed by atoms with Crippen molar-refractivity contribution in [2.24, 2.45) is 11.8 Å². The second-order valence-electron chi connectivity index (χ2n) is 15.4. The normalized spacial score (nSPS) is 16.8. The van der Waals surface area contributed by atoms with Gasteiger partial charge in [0.25, 0.3) is 0 Å². The van der Waals surface area contributed by atoms with Gasteiger partial charge in [-0.25, -0.2) is 16.8 Å². The zero-order chi connectivity index (χ0) is 34.2. The standard InChI is InChI=1S/C16H26N2O4S.C15H24N2O4S/c1-15(2,3)12-9-13(18-22-12)17-14(19)16(4,5)23(20,21)10-11-7-6-8-11;1-14(2,3)11-8-12(17-21-11)16-13(18)15(4,5)22(19,20)9-10-6-7-10/h9,11H,6-8,10H2,1-5H3,(H,17,18,19);8,10H,6-7,9H2,1-5H3,(H,16,17,18). The molecule has 0 radical (unpaired) electrons. The summed E-state index contributed by atoms with van der Waals surface area (Å²) in [5.41, 5.74) is -0.467. The molecule has 2 N–H and O–H groups in total. The maximum atomic E-state index is 12.5. The molecule has 2 heterocycles. The van der Waals surface area contributed by atoms with E-state index in [0.717, 1.165) is 32.1 Å². The van der Waals surface area contributed by atoms with Crippen LogP contribution in [0.5, 0.6) is 0 Å². The van der Waals surface area contributed by atoms with Gasteiger partial charge >= 0.3 is 0 Å². The van der Waals surface area contributed by atoms with E-state index in [1.165, 1.54) is 27.7 Å². The van der Waals surface area contributed by atoms with Crippen molar-refractivity contribution >= 4 is 43.1 Å². The van der Waals surface area contributed by atoms with Gasteiger partial charge in [0.1, 0.15) is 21.0 Å². The lowest BCUT2D eigenvalue weighted by Gasteiger charge is -2.30. The van der Waals surface area contributed by atoms with Gasteiger partial charge < -0.3 is 19.7 Å². The lowest BCUT2D eigenvalue weighted by molar-refractivity contribution is -0.118. The van der Waals surface area contributed by atoms with E-state index >= 15 is 0 Å². The Balaban J connectivity index is 0.000000246. The number of amides is 2. The predicted octanol–water partition coefficient (Wildman–Crippen LogP) is 5.42. The molecule has 2 saturated carbocycles. The molecule has 0 unspecified atom stereocenters. The van der Waals surface area contributed by atoms with E-state index in [4.69, 9.17) is 9.05 Å². The minimum atomic E-state index is -3.53. The highest BCUT2D eigenvalue weighted by atomic mass is 32.2. The number of aromatic nitrogens is 2. The average molecular weight is 671 g/mol. The van der Waals surface area contributed by atoms with Crippen LogP contribution in [-0.4, -0.2) is 60.0 Å². The Morgan fingerprint density at radius 3 is 1.24 bits per heavy atom. The molecule has 254 valence electrons. The summed E-state index contributed by atoms with van der Waals surface area (Å²) in [6.45, 7) is 17.5. The molecule has 0 aliphatic heterocycles. The van der Waals surface area contributed by atoms with E-state index in [1.54, 1.807) is 12.1 Å². The van der Waals surface area contributed by atoms with Gasteiger partial charge in [0.2, 0.25) is 11.8 Å². The number of hydrogen-bond acceptors (Lipinski definition) is 10. The van der Waals surface area contributed by atoms with Crippen molar-refractivity contribution in [1.82, 2.24) is 10.3 Å². The second-order valence-corrected chi connectivity index (χ2v) is 20.6. The third kappa shape index (κ3) is 8.96. The van der Waals surface area contributed by atoms with Crippen LogP contribution in [0.25, 0.3) is 0 Å². The number of carbonyl (C=O) groups excluding carboxylic acids is 2. The van der Waals surface area contributed by atoms with E-state index in [-0.39, 0.29) is 45.8 Å². The van der Waals surface area contributed by atoms with Crippen molar-refractivity contribution in [2.75, 3.05) is 22.1 Å². The summed E-state index contributed by atoms with van der Waals surface area (Å²) >= 11 is 0. The first-order valence-corrected chi connectivity index (χ1v) is 18.7. The first kappa shape index (κ1) is 36.7. The molecule has 2 fully saturated rings. The SMILES string of the molecule is CC(C)(C)c1cc(NC(=O)C(C)(C)S(=O)(=O)CC2CC2)no1.CC(C)(C)c1cc(NC(=O)C(C)(C)S(=O)(=O)CC2CCC2)no1. The molecule has 2 amide bonds. The molecule has 2 aromatic heterocycles. The van der Waals surface area contributed by atoms with Crippen LogP contribution in [0, 0.1) is 11.8 Å². The molecule has 0 saturated heterocycles. The summed E-state index contributed by atoms with van der Waals surface area (Å²) in [7, 11) is -7.04. The van der Waals surface area contributed by atoms with E-state index in [0.29, 0.717) is 11.5 Å². The number of sulfone groups is 2. The van der Waals surface area contributed by atoms with Gasteiger partial charge in [-0.2, -0.15) is 0 Å². The topological polar surface area (TPSA) is 179 Å². The van der Waals surface area contributed by atoms with Gasteiger partial charge in [-0.05, 0) is 65.2 Å². The molecule has 0 bridgehead atoms. The molecule has 2 aliphatic rings. The van der Waals surface area contributed by atoms with Gasteiger partial charge in [0.15, 0.2) is 31.3 Å². The van der Waals surface area contributed by atoms with E-state index < -0.39 is 41.0 Å². The second kappa shape index (κ2) is 12.8. The highest BCUT2D eigenvalue weighted by Crippen LogP contribution is 2.35. The maximum Gasteiger partial charge on any atom is 0.246 e. The lowest BCUT2D eigenvalue weighted by atomic mass is 9.87. The minimum Gasteiger partial charge on any atom is -0.359 e. The number of nitrogens with zero attached hydrogens (tertiary/aromatic N) is 2. The highest BCUT2D eigenvalue weighted by molar-refractivity contribution is 7.93. The van der Waals surface area contributed by atoms with Gasteiger partial charge in [-0.3, -0.25) is 9.59 Å². The molecular formula is C31H50N4O8S2. The largest absolute Gasteiger partial charge is 0.359 e. The average Bonchev–Trinajstić information content (AvgIpc) is 3.32. The quantitative estimate of drug-likeness (QED) is 0.332. The van der Waals surface area contributed by atoms with Crippen molar-refractivity contribution in [3.63, 3.8) is 0 Å². The lowest BCUT2D eigenvalue weighted by Crippen LogP contribution is -2.47. The van der Waals surface area contributed by atoms with Crippen LogP contribution in [0.4, 0.5) is 11.6 Å². The number of carbonyl (C=O) groups is 2. The Hall–Kier alpha value is -2.74. The van der Waals surface area contributed by atoms with Crippen molar-refractivity contribution in [1.29, 1.82) is 0 Å². The van der Waals surface area contributed by atoms with Crippen LogP contribution in [0.3, 0.4) is 0 Å². The van der Waals surface area contributed by atoms with Crippen LogP contribution in [0.15, 0.2) is 21.2 Å². The van der Waals surface area contributed by atoms with E-state index in [1.807, 2.05) is 41.5 Å². The fraction of sp³-hybridized carbons (Fsp3) is 0.742. The Morgan fingerprint density at radius 1 is 0.667 bits per heavy atom. The fourth-order valence-electron chi connectivity index (χ4n) is 4.17. The summed E-state index contributed by atoms with van der Waals surface area (Å²) < 4.78 is 57.3. The van der Waals surface area contributed by atoms with Crippen LogP contribution < -0.4 is 10.6 Å². The smallest absolute Gasteiger partial charge is 0.246 e. The summed E-state index contributed by atoms with van der Waals surface area (Å²) in [6.07, 6.45) is 4.77. The number of hydrogen-bond donors (Lipinski definition) is 2. The zero-order valence-electron chi connectivity index (χ0n) is 28.2. The summed E-state index contributed by atoms with van der Waals surface area (Å²) in [5, 5.41) is 12.7. The number of rotatable bonds is 10. The maximum absolute atomic E-state index is 12.5. The Kier molecular flexibility index (Phi) is 10.5. The predicted molar refractivity (Wildman–Crippen MR) is 173 cm³/mol. The monoisotopic (exact) mass is 670 g/mol. The van der Waals surface area contributed by atoms with Gasteiger partial charge in [-0.1, -0.05) is 58.3 Å². The molecular weight excluding hydrogens is 620 g/mol. The Labute approximate surface area is 267 Å². The molecule has 2 aromatic rings. The van der Waals surface area contributed by atoms with E-state index in [2.05, 4.69) is 20.9 Å². The van der Waals surface area contributed by atoms with Crippen molar-refractivity contribution in [3.05, 3.63) is 23.7 Å². The van der Waals surface area contributed by atoms with Crippen LogP contribution in [-0.2, 0) is 40.1 Å². The van der Waals surface area contributed by atoms with Crippen LogP contribution in [0.1, 0.15) is 113 Å². The third-order valence-corrected chi connectivity index (χ3v) is 13.8. The molecule has 2 aliphatic carbocycles. The molecule has 0 aromatic carbocycles. The molecule has 0 spiro atoms. The first-order valence-electron chi connectivity index (χ1n) is 15.4. The van der Waals surface area contributed by atoms with E-state index in [9.17, 15) is 26.4 Å². The van der Waals surface area contributed by atoms with Crippen LogP contribution >= 0.6 is 0 Å². The third-order valence-electron chi connectivity index (χ3n) is 8.46. The van der Waals surface area contributed by atoms with Gasteiger partial charge in [-0.15, -0.1) is 0 Å². The molecule has 0 atom stereocenters. The summed E-state index contributed by atoms with van der Waals surface area (Å²) in [5.74, 6) is 1.11. The number of nitrogens with one attached hydrogen (secondary N) is 2. The van der Waals surface area contributed by atoms with Gasteiger partial charge in [0.05, 0.1) is 11.5 Å². The molecule has 12 nitrogen and oxygen atoms in total. The summed E-state index contributed by atoms with van der Waals surface area (Å²) in [6, 6.07) is 3.26. The molecule has 4 rings (SSSR count). The zero-order valence-corrected chi connectivity index (χ0v) is 29.9. The highest BCUT2D eigenvalue weighted by Gasteiger charge is 2.45. The van der Waals surface area contributed by atoms with Gasteiger partial charge in [0, 0.05) is 23.0 Å². The Bertz CT molecular complexity index is 1580. The first-order chi connectivity index (χ1) is 20.4. The van der Waals surface area contributed by atoms with Crippen molar-refractivity contribution in [3.8, 4) is 0 Å². The summed E-state index contributed by atoms with van der Waals surface area (Å²) in [4.78, 5) is 24.8. The number of anilines is 2. The Morgan fingerprint density at radius 2 is 1.00 bits per heavy atom. The van der Waals surface area contributed by atoms with Crippen molar-refractivity contribution in [2.45, 2.75) is 122 Å². The van der Waals surface area contributed by atoms with Crippen molar-refractivity contribution < 1.29 is 35.5 Å².